The van der Waals surface area contributed by atoms with Crippen LogP contribution in [0.2, 0.25) is 0 Å². The van der Waals surface area contributed by atoms with Gasteiger partial charge in [-0.3, -0.25) is 4.79 Å². The van der Waals surface area contributed by atoms with Gasteiger partial charge in [0, 0.05) is 12.1 Å². The molecule has 6 nitrogen and oxygen atoms in total. The molecule has 0 spiro atoms. The van der Waals surface area contributed by atoms with Crippen LogP contribution in [0.3, 0.4) is 0 Å². The fraction of sp³-hybridized carbons (Fsp3) is 0.562. The summed E-state index contributed by atoms with van der Waals surface area (Å²) in [7, 11) is -3.68. The second kappa shape index (κ2) is 6.68. The molecule has 1 atom stereocenters. The van der Waals surface area contributed by atoms with E-state index in [9.17, 15) is 13.2 Å². The third-order valence-corrected chi connectivity index (χ3v) is 6.23. The van der Waals surface area contributed by atoms with Gasteiger partial charge in [-0.05, 0) is 31.9 Å². The van der Waals surface area contributed by atoms with Gasteiger partial charge < -0.3 is 9.47 Å². The molecule has 7 heteroatoms. The first-order valence-corrected chi connectivity index (χ1v) is 9.30. The van der Waals surface area contributed by atoms with Crippen LogP contribution in [0, 0.1) is 0 Å². The highest BCUT2D eigenvalue weighted by molar-refractivity contribution is 7.89. The maximum Gasteiger partial charge on any atom is 0.243 e. The lowest BCUT2D eigenvalue weighted by Gasteiger charge is -2.36. The Morgan fingerprint density at radius 3 is 2.65 bits per heavy atom. The molecule has 2 heterocycles. The number of piperidine rings is 1. The van der Waals surface area contributed by atoms with Crippen molar-refractivity contribution in [1.82, 2.24) is 4.31 Å². The van der Waals surface area contributed by atoms with Crippen molar-refractivity contribution in [3.63, 3.8) is 0 Å². The molecule has 1 aromatic carbocycles. The zero-order valence-corrected chi connectivity index (χ0v) is 13.9. The van der Waals surface area contributed by atoms with Crippen molar-refractivity contribution in [3.05, 3.63) is 29.8 Å². The summed E-state index contributed by atoms with van der Waals surface area (Å²) in [5, 5.41) is 0. The number of hydrogen-bond donors (Lipinski definition) is 0. The zero-order valence-electron chi connectivity index (χ0n) is 13.1. The average molecular weight is 339 g/mol. The van der Waals surface area contributed by atoms with Crippen LogP contribution in [0.15, 0.2) is 29.2 Å². The predicted molar refractivity (Wildman–Crippen MR) is 83.7 cm³/mol. The topological polar surface area (TPSA) is 72.9 Å². The first-order valence-electron chi connectivity index (χ1n) is 7.86. The third kappa shape index (κ3) is 3.33. The minimum atomic E-state index is -3.68. The summed E-state index contributed by atoms with van der Waals surface area (Å²) in [5.74, 6) is -0.153. The van der Waals surface area contributed by atoms with Crippen molar-refractivity contribution in [2.75, 3.05) is 19.8 Å². The molecule has 0 aromatic heterocycles. The lowest BCUT2D eigenvalue weighted by molar-refractivity contribution is -0.0913. The van der Waals surface area contributed by atoms with Gasteiger partial charge >= 0.3 is 0 Å². The Labute approximate surface area is 136 Å². The zero-order chi connectivity index (χ0) is 16.4. The van der Waals surface area contributed by atoms with Crippen LogP contribution >= 0.6 is 0 Å². The van der Waals surface area contributed by atoms with Gasteiger partial charge in [0.15, 0.2) is 12.1 Å². The van der Waals surface area contributed by atoms with Gasteiger partial charge in [-0.1, -0.05) is 18.6 Å². The van der Waals surface area contributed by atoms with E-state index in [1.54, 1.807) is 12.1 Å². The number of benzene rings is 1. The number of rotatable bonds is 4. The number of hydrogen-bond acceptors (Lipinski definition) is 5. The molecule has 0 unspecified atom stereocenters. The summed E-state index contributed by atoms with van der Waals surface area (Å²) in [4.78, 5) is 11.7. The van der Waals surface area contributed by atoms with E-state index in [4.69, 9.17) is 9.47 Å². The molecule has 23 heavy (non-hydrogen) atoms. The predicted octanol–water partition coefficient (Wildman–Crippen LogP) is 1.81. The van der Waals surface area contributed by atoms with Crippen molar-refractivity contribution in [3.8, 4) is 0 Å². The molecule has 3 rings (SSSR count). The Kier molecular flexibility index (Phi) is 4.82. The molecule has 2 saturated heterocycles. The van der Waals surface area contributed by atoms with Crippen LogP contribution in [0.1, 0.15) is 36.5 Å². The van der Waals surface area contributed by atoms with Crippen LogP contribution in [0.4, 0.5) is 0 Å². The van der Waals surface area contributed by atoms with Gasteiger partial charge in [0.2, 0.25) is 10.0 Å². The molecule has 2 aliphatic heterocycles. The molecule has 0 radical (unpaired) electrons. The Morgan fingerprint density at radius 2 is 1.96 bits per heavy atom. The number of carbonyl (C=O) groups excluding carboxylic acids is 1. The van der Waals surface area contributed by atoms with Crippen molar-refractivity contribution >= 4 is 15.8 Å². The Morgan fingerprint density at radius 1 is 1.22 bits per heavy atom. The van der Waals surface area contributed by atoms with Crippen LogP contribution in [0.25, 0.3) is 0 Å². The van der Waals surface area contributed by atoms with E-state index in [-0.39, 0.29) is 16.7 Å². The van der Waals surface area contributed by atoms with Gasteiger partial charge in [0.25, 0.3) is 0 Å². The van der Waals surface area contributed by atoms with E-state index in [0.29, 0.717) is 25.3 Å². The fourth-order valence-electron chi connectivity index (χ4n) is 3.11. The lowest BCUT2D eigenvalue weighted by atomic mass is 10.0. The molecule has 126 valence electrons. The molecule has 0 saturated carbocycles. The third-order valence-electron chi connectivity index (χ3n) is 4.31. The fourth-order valence-corrected chi connectivity index (χ4v) is 4.84. The summed E-state index contributed by atoms with van der Waals surface area (Å²) in [6.07, 6.45) is 1.99. The Balaban J connectivity index is 1.93. The first-order chi connectivity index (χ1) is 11.0. The average Bonchev–Trinajstić information content (AvgIpc) is 3.09. The van der Waals surface area contributed by atoms with Crippen molar-refractivity contribution in [2.24, 2.45) is 0 Å². The van der Waals surface area contributed by atoms with Crippen LogP contribution in [0.5, 0.6) is 0 Å². The first kappa shape index (κ1) is 16.6. The van der Waals surface area contributed by atoms with Crippen LogP contribution < -0.4 is 0 Å². The summed E-state index contributed by atoms with van der Waals surface area (Å²) < 4.78 is 38.6. The summed E-state index contributed by atoms with van der Waals surface area (Å²) in [6, 6.07) is 5.89. The molecule has 1 aromatic rings. The summed E-state index contributed by atoms with van der Waals surface area (Å²) in [5.41, 5.74) is 0.396. The van der Waals surface area contributed by atoms with Gasteiger partial charge in [-0.15, -0.1) is 0 Å². The monoisotopic (exact) mass is 339 g/mol. The highest BCUT2D eigenvalue weighted by Crippen LogP contribution is 2.30. The van der Waals surface area contributed by atoms with E-state index < -0.39 is 16.3 Å². The minimum Gasteiger partial charge on any atom is -0.349 e. The van der Waals surface area contributed by atoms with Crippen molar-refractivity contribution < 1.29 is 22.7 Å². The van der Waals surface area contributed by atoms with Gasteiger partial charge in [0.1, 0.15) is 0 Å². The molecule has 0 N–H and O–H groups in total. The van der Waals surface area contributed by atoms with Crippen LogP contribution in [-0.2, 0) is 19.5 Å². The number of Topliss-reactive ketones (excluding diaryl/α,β-unsaturated/α-hetero) is 1. The number of ether oxygens (including phenoxy) is 2. The van der Waals surface area contributed by atoms with Crippen molar-refractivity contribution in [2.45, 2.75) is 43.4 Å². The molecule has 0 bridgehead atoms. The minimum absolute atomic E-state index is 0.148. The van der Waals surface area contributed by atoms with Gasteiger partial charge in [-0.25, -0.2) is 8.42 Å². The maximum atomic E-state index is 13.0. The maximum absolute atomic E-state index is 13.0. The van der Waals surface area contributed by atoms with Crippen molar-refractivity contribution in [1.29, 1.82) is 0 Å². The lowest BCUT2D eigenvalue weighted by Crippen LogP contribution is -2.50. The SMILES string of the molecule is CC(=O)c1cccc(S(=O)(=O)N2CCCC[C@@H]2C2OCCO2)c1. The second-order valence-corrected chi connectivity index (χ2v) is 7.76. The van der Waals surface area contributed by atoms with E-state index in [1.807, 2.05) is 0 Å². The Bertz CT molecular complexity index is 681. The summed E-state index contributed by atoms with van der Waals surface area (Å²) in [6.45, 7) is 2.86. The smallest absolute Gasteiger partial charge is 0.243 e. The van der Waals surface area contributed by atoms with E-state index in [1.165, 1.54) is 23.4 Å². The molecule has 0 aliphatic carbocycles. The Hall–Kier alpha value is -1.28. The van der Waals surface area contributed by atoms with Gasteiger partial charge in [0.05, 0.1) is 24.2 Å². The molecule has 2 fully saturated rings. The number of sulfonamides is 1. The van der Waals surface area contributed by atoms with E-state index in [0.717, 1.165) is 19.3 Å². The number of ketones is 1. The molecular formula is C16H21NO5S. The highest BCUT2D eigenvalue weighted by atomic mass is 32.2. The van der Waals surface area contributed by atoms with Crippen LogP contribution in [-0.4, -0.2) is 50.6 Å². The normalized spacial score (nSPS) is 24.0. The summed E-state index contributed by atoms with van der Waals surface area (Å²) >= 11 is 0. The molecular weight excluding hydrogens is 318 g/mol. The quantitative estimate of drug-likeness (QED) is 0.782. The van der Waals surface area contributed by atoms with E-state index >= 15 is 0 Å². The van der Waals surface area contributed by atoms with E-state index in [2.05, 4.69) is 0 Å². The van der Waals surface area contributed by atoms with Gasteiger partial charge in [-0.2, -0.15) is 4.31 Å². The largest absolute Gasteiger partial charge is 0.349 e. The second-order valence-electron chi connectivity index (χ2n) is 5.87. The molecule has 0 amide bonds. The highest BCUT2D eigenvalue weighted by Gasteiger charge is 2.40. The number of carbonyl (C=O) groups is 1. The number of nitrogens with zero attached hydrogens (tertiary/aromatic N) is 1. The molecule has 2 aliphatic rings. The standard InChI is InChI=1S/C16H21NO5S/c1-12(18)13-5-4-6-14(11-13)23(19,20)17-8-3-2-7-15(17)16-21-9-10-22-16/h4-6,11,15-16H,2-3,7-10H2,1H3/t15-/m1/s1.